The molecule has 0 radical (unpaired) electrons. The van der Waals surface area contributed by atoms with Gasteiger partial charge in [-0.15, -0.1) is 24.3 Å². The monoisotopic (exact) mass is 253 g/mol. The van der Waals surface area contributed by atoms with Gasteiger partial charge in [0.25, 0.3) is 0 Å². The van der Waals surface area contributed by atoms with Crippen molar-refractivity contribution >= 4 is 0 Å². The van der Waals surface area contributed by atoms with Gasteiger partial charge in [0, 0.05) is 11.5 Å². The van der Waals surface area contributed by atoms with Crippen LogP contribution in [0, 0.1) is 12.1 Å². The molecule has 2 aromatic carbocycles. The number of hydrogen-bond donors (Lipinski definition) is 0. The van der Waals surface area contributed by atoms with E-state index in [4.69, 9.17) is 9.47 Å². The maximum absolute atomic E-state index is 4.89. The molecule has 2 nitrogen and oxygen atoms in total. The van der Waals surface area contributed by atoms with E-state index in [-0.39, 0.29) is 51.4 Å². The first-order valence-electron chi connectivity index (χ1n) is 4.87. The number of rotatable bonds is 2. The maximum atomic E-state index is 4.89. The summed E-state index contributed by atoms with van der Waals surface area (Å²) in [7, 11) is 3.30. The van der Waals surface area contributed by atoms with Gasteiger partial charge < -0.3 is 9.47 Å². The van der Waals surface area contributed by atoms with E-state index in [1.165, 1.54) is 0 Å². The van der Waals surface area contributed by atoms with Crippen molar-refractivity contribution in [2.45, 2.75) is 0 Å². The minimum absolute atomic E-state index is 0. The minimum atomic E-state index is 0. The Labute approximate surface area is 145 Å². The zero-order valence-corrected chi connectivity index (χ0v) is 13.6. The fourth-order valence-corrected chi connectivity index (χ4v) is 1.02. The van der Waals surface area contributed by atoms with Crippen LogP contribution in [0.1, 0.15) is 0 Å². The van der Waals surface area contributed by atoms with Crippen LogP contribution in [0.25, 0.3) is 0 Å². The molecule has 0 bridgehead atoms. The molecule has 2 rings (SSSR count). The molecule has 0 aliphatic rings. The maximum Gasteiger partial charge on any atom is 1.00 e. The molecule has 0 spiro atoms. The molecule has 0 atom stereocenters. The summed E-state index contributed by atoms with van der Waals surface area (Å²) in [6.07, 6.45) is 0. The van der Waals surface area contributed by atoms with Gasteiger partial charge in [-0.1, -0.05) is 0 Å². The van der Waals surface area contributed by atoms with Gasteiger partial charge in [0.15, 0.2) is 0 Å². The van der Waals surface area contributed by atoms with Crippen molar-refractivity contribution in [1.29, 1.82) is 0 Å². The van der Waals surface area contributed by atoms with Gasteiger partial charge >= 0.3 is 51.4 Å². The second-order valence-electron chi connectivity index (χ2n) is 2.88. The molecule has 0 aromatic heterocycles. The molecular formula is C14H14KO2-. The third-order valence-electron chi connectivity index (χ3n) is 1.85. The summed E-state index contributed by atoms with van der Waals surface area (Å²) in [5.41, 5.74) is 0. The van der Waals surface area contributed by atoms with E-state index in [2.05, 4.69) is 12.1 Å². The standard InChI is InChI=1S/2C7H7O.K/c2*1-8-7-5-3-2-4-6-7;/h2*3-6H,1H3;/q2*-1;+1. The van der Waals surface area contributed by atoms with Gasteiger partial charge in [-0.2, -0.15) is 36.4 Å². The second-order valence-corrected chi connectivity index (χ2v) is 2.88. The Morgan fingerprint density at radius 3 is 1.18 bits per heavy atom. The number of ether oxygens (including phenoxy) is 2. The van der Waals surface area contributed by atoms with Gasteiger partial charge in [0.2, 0.25) is 0 Å². The Morgan fingerprint density at radius 1 is 0.706 bits per heavy atom. The molecule has 0 saturated heterocycles. The van der Waals surface area contributed by atoms with Crippen LogP contribution >= 0.6 is 0 Å². The van der Waals surface area contributed by atoms with E-state index in [1.807, 2.05) is 48.5 Å². The predicted octanol–water partition coefficient (Wildman–Crippen LogP) is -0.00522. The quantitative estimate of drug-likeness (QED) is 0.554. The van der Waals surface area contributed by atoms with Crippen LogP contribution in [0.5, 0.6) is 11.5 Å². The van der Waals surface area contributed by atoms with Crippen molar-refractivity contribution in [1.82, 2.24) is 0 Å². The predicted molar refractivity (Wildman–Crippen MR) is 63.7 cm³/mol. The van der Waals surface area contributed by atoms with Crippen LogP contribution in [0.4, 0.5) is 0 Å². The number of methoxy groups -OCH3 is 2. The van der Waals surface area contributed by atoms with Gasteiger partial charge in [-0.25, -0.2) is 0 Å². The SMILES string of the molecule is COc1cc[c-]cc1.COc1cc[c-]cc1.[K+]. The van der Waals surface area contributed by atoms with Crippen molar-refractivity contribution in [3.63, 3.8) is 0 Å². The van der Waals surface area contributed by atoms with Crippen LogP contribution in [0.3, 0.4) is 0 Å². The number of hydrogen-bond acceptors (Lipinski definition) is 2. The van der Waals surface area contributed by atoms with Gasteiger partial charge in [-0.3, -0.25) is 0 Å². The Morgan fingerprint density at radius 2 is 1.00 bits per heavy atom. The molecule has 3 heteroatoms. The van der Waals surface area contributed by atoms with E-state index in [1.54, 1.807) is 14.2 Å². The Bertz CT molecular complexity index is 336. The molecule has 0 amide bonds. The second kappa shape index (κ2) is 10.8. The summed E-state index contributed by atoms with van der Waals surface area (Å²) >= 11 is 0. The molecule has 0 fully saturated rings. The third-order valence-corrected chi connectivity index (χ3v) is 1.85. The van der Waals surface area contributed by atoms with E-state index in [0.717, 1.165) is 11.5 Å². The van der Waals surface area contributed by atoms with Crippen LogP contribution in [-0.4, -0.2) is 14.2 Å². The van der Waals surface area contributed by atoms with Crippen molar-refractivity contribution in [3.8, 4) is 11.5 Å². The smallest absolute Gasteiger partial charge is 0.522 e. The first kappa shape index (κ1) is 16.7. The van der Waals surface area contributed by atoms with Crippen molar-refractivity contribution < 1.29 is 60.9 Å². The molecular weight excluding hydrogens is 239 g/mol. The molecule has 0 unspecified atom stereocenters. The molecule has 0 heterocycles. The fraction of sp³-hybridized carbons (Fsp3) is 0.143. The van der Waals surface area contributed by atoms with Crippen molar-refractivity contribution in [3.05, 3.63) is 60.7 Å². The van der Waals surface area contributed by atoms with Crippen LogP contribution < -0.4 is 60.9 Å². The van der Waals surface area contributed by atoms with Gasteiger partial charge in [0.05, 0.1) is 14.2 Å². The fourth-order valence-electron chi connectivity index (χ4n) is 1.02. The van der Waals surface area contributed by atoms with E-state index < -0.39 is 0 Å². The van der Waals surface area contributed by atoms with Crippen LogP contribution in [0.2, 0.25) is 0 Å². The Hall–Kier alpha value is -0.324. The van der Waals surface area contributed by atoms with E-state index in [0.29, 0.717) is 0 Å². The molecule has 0 N–H and O–H groups in total. The summed E-state index contributed by atoms with van der Waals surface area (Å²) < 4.78 is 9.79. The van der Waals surface area contributed by atoms with E-state index >= 15 is 0 Å². The molecule has 0 aliphatic carbocycles. The average molecular weight is 253 g/mol. The summed E-state index contributed by atoms with van der Waals surface area (Å²) in [4.78, 5) is 0. The Balaban J connectivity index is 0.000000284. The summed E-state index contributed by atoms with van der Waals surface area (Å²) in [6.45, 7) is 0. The first-order valence-corrected chi connectivity index (χ1v) is 4.87. The zero-order chi connectivity index (χ0) is 11.6. The normalized spacial score (nSPS) is 8.12. The number of benzene rings is 2. The van der Waals surface area contributed by atoms with Crippen LogP contribution in [-0.2, 0) is 0 Å². The molecule has 2 aromatic rings. The third kappa shape index (κ3) is 7.57. The van der Waals surface area contributed by atoms with Gasteiger partial charge in [-0.05, 0) is 0 Å². The molecule has 0 saturated carbocycles. The first-order chi connectivity index (χ1) is 7.86. The topological polar surface area (TPSA) is 18.5 Å². The minimum Gasteiger partial charge on any atom is -0.522 e. The Kier molecular flexibility index (Phi) is 10.6. The zero-order valence-electron chi connectivity index (χ0n) is 10.4. The summed E-state index contributed by atoms with van der Waals surface area (Å²) in [5, 5.41) is 0. The van der Waals surface area contributed by atoms with Crippen LogP contribution in [0.15, 0.2) is 48.5 Å². The molecule has 17 heavy (non-hydrogen) atoms. The molecule has 84 valence electrons. The largest absolute Gasteiger partial charge is 1.00 e. The average Bonchev–Trinajstić information content (AvgIpc) is 2.41. The molecule has 0 aliphatic heterocycles. The van der Waals surface area contributed by atoms with E-state index in [9.17, 15) is 0 Å². The van der Waals surface area contributed by atoms with Crippen molar-refractivity contribution in [2.75, 3.05) is 14.2 Å². The summed E-state index contributed by atoms with van der Waals surface area (Å²) in [6, 6.07) is 20.5. The van der Waals surface area contributed by atoms with Gasteiger partial charge in [0.1, 0.15) is 0 Å². The van der Waals surface area contributed by atoms with Crippen molar-refractivity contribution in [2.24, 2.45) is 0 Å². The summed E-state index contributed by atoms with van der Waals surface area (Å²) in [5.74, 6) is 1.76.